The normalized spacial score (nSPS) is 31.0. The van der Waals surface area contributed by atoms with Crippen LogP contribution in [0.25, 0.3) is 0 Å². The molecule has 74 valence electrons. The summed E-state index contributed by atoms with van der Waals surface area (Å²) in [4.78, 5) is 0. The lowest BCUT2D eigenvalue weighted by molar-refractivity contribution is 0.343. The zero-order valence-corrected chi connectivity index (χ0v) is 11.3. The standard InChI is InChI=1S/C10H14Br2O/c1-7(2)4-5-8-10(3,13-8)6-9(11)12/h4,6,8H,5H2,1-3H3/t8-,10-/m1/s1. The number of rotatable bonds is 3. The van der Waals surface area contributed by atoms with Gasteiger partial charge in [0.15, 0.2) is 0 Å². The highest BCUT2D eigenvalue weighted by molar-refractivity contribution is 9.28. The molecule has 1 rings (SSSR count). The van der Waals surface area contributed by atoms with Crippen molar-refractivity contribution in [3.63, 3.8) is 0 Å². The molecular formula is C10H14Br2O. The number of epoxide rings is 1. The molecule has 0 saturated carbocycles. The van der Waals surface area contributed by atoms with Crippen molar-refractivity contribution in [3.8, 4) is 0 Å². The van der Waals surface area contributed by atoms with Crippen molar-refractivity contribution in [2.24, 2.45) is 0 Å². The summed E-state index contributed by atoms with van der Waals surface area (Å²) in [5.41, 5.74) is 1.27. The molecule has 0 aromatic carbocycles. The smallest absolute Gasteiger partial charge is 0.112 e. The first-order valence-corrected chi connectivity index (χ1v) is 5.87. The Hall–Kier alpha value is 0.400. The molecular weight excluding hydrogens is 296 g/mol. The van der Waals surface area contributed by atoms with Gasteiger partial charge in [-0.15, -0.1) is 0 Å². The molecule has 0 N–H and O–H groups in total. The van der Waals surface area contributed by atoms with Crippen molar-refractivity contribution in [1.29, 1.82) is 0 Å². The quantitative estimate of drug-likeness (QED) is 0.564. The molecule has 0 aromatic rings. The van der Waals surface area contributed by atoms with E-state index in [1.807, 2.05) is 0 Å². The van der Waals surface area contributed by atoms with E-state index in [-0.39, 0.29) is 5.60 Å². The van der Waals surface area contributed by atoms with Crippen LogP contribution in [0, 0.1) is 0 Å². The van der Waals surface area contributed by atoms with Crippen LogP contribution in [0.1, 0.15) is 27.2 Å². The molecule has 1 heterocycles. The van der Waals surface area contributed by atoms with Gasteiger partial charge in [0.25, 0.3) is 0 Å². The molecule has 1 aliphatic heterocycles. The van der Waals surface area contributed by atoms with E-state index in [4.69, 9.17) is 4.74 Å². The average molecular weight is 310 g/mol. The van der Waals surface area contributed by atoms with Gasteiger partial charge in [-0.25, -0.2) is 0 Å². The van der Waals surface area contributed by atoms with Gasteiger partial charge >= 0.3 is 0 Å². The van der Waals surface area contributed by atoms with Crippen molar-refractivity contribution in [2.75, 3.05) is 0 Å². The zero-order valence-electron chi connectivity index (χ0n) is 8.10. The third-order valence-corrected chi connectivity index (χ3v) is 2.57. The first kappa shape index (κ1) is 11.5. The molecule has 13 heavy (non-hydrogen) atoms. The highest BCUT2D eigenvalue weighted by Gasteiger charge is 2.49. The highest BCUT2D eigenvalue weighted by Crippen LogP contribution is 2.42. The maximum absolute atomic E-state index is 5.58. The lowest BCUT2D eigenvalue weighted by atomic mass is 10.1. The number of hydrogen-bond acceptors (Lipinski definition) is 1. The summed E-state index contributed by atoms with van der Waals surface area (Å²) in [7, 11) is 0. The third-order valence-electron chi connectivity index (χ3n) is 2.11. The van der Waals surface area contributed by atoms with Crippen LogP contribution in [0.5, 0.6) is 0 Å². The van der Waals surface area contributed by atoms with Crippen molar-refractivity contribution in [2.45, 2.75) is 38.9 Å². The van der Waals surface area contributed by atoms with Crippen molar-refractivity contribution in [3.05, 3.63) is 21.1 Å². The number of allylic oxidation sites excluding steroid dienone is 1. The second kappa shape index (κ2) is 4.28. The highest BCUT2D eigenvalue weighted by atomic mass is 79.9. The van der Waals surface area contributed by atoms with Crippen molar-refractivity contribution < 1.29 is 4.74 Å². The van der Waals surface area contributed by atoms with E-state index in [9.17, 15) is 0 Å². The van der Waals surface area contributed by atoms with Crippen LogP contribution in [-0.2, 0) is 4.74 Å². The third kappa shape index (κ3) is 3.56. The Labute approximate surface area is 96.5 Å². The predicted octanol–water partition coefficient (Wildman–Crippen LogP) is 4.13. The summed E-state index contributed by atoms with van der Waals surface area (Å²) in [6, 6.07) is 0. The second-order valence-electron chi connectivity index (χ2n) is 3.74. The van der Waals surface area contributed by atoms with Crippen LogP contribution in [0.15, 0.2) is 21.1 Å². The summed E-state index contributed by atoms with van der Waals surface area (Å²) >= 11 is 6.68. The molecule has 0 amide bonds. The topological polar surface area (TPSA) is 12.5 Å². The molecule has 0 aliphatic carbocycles. The van der Waals surface area contributed by atoms with Gasteiger partial charge in [0.05, 0.1) is 9.50 Å². The fraction of sp³-hybridized carbons (Fsp3) is 0.600. The summed E-state index contributed by atoms with van der Waals surface area (Å²) in [5.74, 6) is 0. The van der Waals surface area contributed by atoms with Crippen LogP contribution in [0.4, 0.5) is 0 Å². The van der Waals surface area contributed by atoms with Crippen LogP contribution in [0.3, 0.4) is 0 Å². The Kier molecular flexibility index (Phi) is 3.78. The molecule has 3 heteroatoms. The van der Waals surface area contributed by atoms with Crippen LogP contribution in [-0.4, -0.2) is 11.7 Å². The van der Waals surface area contributed by atoms with Gasteiger partial charge in [-0.2, -0.15) is 0 Å². The largest absolute Gasteiger partial charge is 0.362 e. The Balaban J connectivity index is 2.45. The fourth-order valence-corrected chi connectivity index (χ4v) is 2.15. The lowest BCUT2D eigenvalue weighted by Crippen LogP contribution is -2.04. The molecule has 0 spiro atoms. The summed E-state index contributed by atoms with van der Waals surface area (Å²) in [5, 5.41) is 0. The molecule has 2 atom stereocenters. The van der Waals surface area contributed by atoms with Crippen molar-refractivity contribution >= 4 is 31.9 Å². The first-order valence-electron chi connectivity index (χ1n) is 4.29. The monoisotopic (exact) mass is 308 g/mol. The molecule has 0 aromatic heterocycles. The Morgan fingerprint density at radius 3 is 2.54 bits per heavy atom. The van der Waals surface area contributed by atoms with Gasteiger partial charge in [0.2, 0.25) is 0 Å². The summed E-state index contributed by atoms with van der Waals surface area (Å²) in [6.45, 7) is 6.31. The van der Waals surface area contributed by atoms with E-state index < -0.39 is 0 Å². The molecule has 1 nitrogen and oxygen atoms in total. The van der Waals surface area contributed by atoms with E-state index in [1.165, 1.54) is 5.57 Å². The van der Waals surface area contributed by atoms with E-state index in [0.29, 0.717) is 6.10 Å². The van der Waals surface area contributed by atoms with E-state index in [0.717, 1.165) is 9.81 Å². The predicted molar refractivity (Wildman–Crippen MR) is 63.3 cm³/mol. The minimum Gasteiger partial charge on any atom is -0.362 e. The van der Waals surface area contributed by atoms with Gasteiger partial charge in [-0.05, 0) is 65.1 Å². The van der Waals surface area contributed by atoms with E-state index in [1.54, 1.807) is 0 Å². The molecule has 1 saturated heterocycles. The number of ether oxygens (including phenoxy) is 1. The lowest BCUT2D eigenvalue weighted by Gasteiger charge is -1.96. The first-order chi connectivity index (χ1) is 5.94. The minimum absolute atomic E-state index is 0.0751. The molecule has 0 bridgehead atoms. The SMILES string of the molecule is CC(C)=CC[C@H]1O[C@]1(C)C=C(Br)Br. The maximum atomic E-state index is 5.58. The van der Waals surface area contributed by atoms with Crippen molar-refractivity contribution in [1.82, 2.24) is 0 Å². The maximum Gasteiger partial charge on any atom is 0.112 e. The second-order valence-corrected chi connectivity index (χ2v) is 6.51. The van der Waals surface area contributed by atoms with Gasteiger partial charge in [0.1, 0.15) is 5.60 Å². The molecule has 0 unspecified atom stereocenters. The van der Waals surface area contributed by atoms with Gasteiger partial charge < -0.3 is 4.74 Å². The Morgan fingerprint density at radius 1 is 1.46 bits per heavy atom. The Bertz CT molecular complexity index is 250. The number of hydrogen-bond donors (Lipinski definition) is 0. The van der Waals surface area contributed by atoms with Gasteiger partial charge in [0, 0.05) is 0 Å². The van der Waals surface area contributed by atoms with Crippen LogP contribution < -0.4 is 0 Å². The minimum atomic E-state index is -0.0751. The Morgan fingerprint density at radius 2 is 2.08 bits per heavy atom. The van der Waals surface area contributed by atoms with Gasteiger partial charge in [-0.3, -0.25) is 0 Å². The average Bonchev–Trinajstić information content (AvgIpc) is 2.55. The summed E-state index contributed by atoms with van der Waals surface area (Å²) in [6.07, 6.45) is 5.61. The van der Waals surface area contributed by atoms with Crippen LogP contribution >= 0.6 is 31.9 Å². The fourth-order valence-electron chi connectivity index (χ4n) is 1.24. The van der Waals surface area contributed by atoms with E-state index in [2.05, 4.69) is 64.8 Å². The summed E-state index contributed by atoms with van der Waals surface area (Å²) < 4.78 is 6.55. The van der Waals surface area contributed by atoms with Crippen LogP contribution in [0.2, 0.25) is 0 Å². The molecule has 0 radical (unpaired) electrons. The number of halogens is 2. The zero-order chi connectivity index (χ0) is 10.1. The molecule has 1 aliphatic rings. The van der Waals surface area contributed by atoms with E-state index >= 15 is 0 Å². The van der Waals surface area contributed by atoms with Gasteiger partial charge in [-0.1, -0.05) is 11.6 Å². The molecule has 1 fully saturated rings.